The number of hydrogen-bond acceptors (Lipinski definition) is 9. The molecule has 0 spiro atoms. The fourth-order valence-electron chi connectivity index (χ4n) is 3.38. The number of aromatic amines is 1. The third-order valence-electron chi connectivity index (χ3n) is 5.21. The molecule has 12 nitrogen and oxygen atoms in total. The quantitative estimate of drug-likeness (QED) is 0.204. The number of aryl methyl sites for hydroxylation is 1. The summed E-state index contributed by atoms with van der Waals surface area (Å²) in [4.78, 5) is 31.2. The van der Waals surface area contributed by atoms with Crippen molar-refractivity contribution in [2.75, 3.05) is 19.1 Å². The molecule has 0 aliphatic carbocycles. The molecule has 182 valence electrons. The second-order valence-electron chi connectivity index (χ2n) is 7.61. The lowest BCUT2D eigenvalue weighted by molar-refractivity contribution is 0.0938. The molecule has 0 unspecified atom stereocenters. The van der Waals surface area contributed by atoms with E-state index in [0.717, 1.165) is 0 Å². The average Bonchev–Trinajstić information content (AvgIpc) is 3.21. The van der Waals surface area contributed by atoms with Gasteiger partial charge in [-0.05, 0) is 36.4 Å². The summed E-state index contributed by atoms with van der Waals surface area (Å²) in [6.45, 7) is -0.154. The molecule has 12 heteroatoms. The number of fused-ring (bicyclic) bond motifs is 1. The van der Waals surface area contributed by atoms with E-state index in [2.05, 4.69) is 20.5 Å². The second-order valence-corrected chi connectivity index (χ2v) is 7.61. The Kier molecular flexibility index (Phi) is 6.83. The summed E-state index contributed by atoms with van der Waals surface area (Å²) in [5, 5.41) is 24.6. The third kappa shape index (κ3) is 5.17. The van der Waals surface area contributed by atoms with Crippen LogP contribution in [0.1, 0.15) is 5.56 Å². The van der Waals surface area contributed by atoms with Gasteiger partial charge in [0.1, 0.15) is 30.0 Å². The maximum atomic E-state index is 12.6. The van der Waals surface area contributed by atoms with Crippen LogP contribution in [0.25, 0.3) is 11.2 Å². The summed E-state index contributed by atoms with van der Waals surface area (Å²) in [5.74, 6) is 1.36. The van der Waals surface area contributed by atoms with E-state index in [1.807, 2.05) is 0 Å². The third-order valence-corrected chi connectivity index (χ3v) is 5.21. The number of ether oxygens (including phenoxy) is 2. The van der Waals surface area contributed by atoms with Gasteiger partial charge >= 0.3 is 5.69 Å². The highest BCUT2D eigenvalue weighted by Gasteiger charge is 2.20. The Morgan fingerprint density at radius 2 is 1.89 bits per heavy atom. The lowest BCUT2D eigenvalue weighted by atomic mass is 10.2. The topological polar surface area (TPSA) is 156 Å². The van der Waals surface area contributed by atoms with Crippen LogP contribution in [0.2, 0.25) is 0 Å². The second kappa shape index (κ2) is 10.1. The maximum Gasteiger partial charge on any atom is 0.329 e. The fourth-order valence-corrected chi connectivity index (χ4v) is 3.38. The predicted octanol–water partition coefficient (Wildman–Crippen LogP) is 1.02. The molecule has 0 saturated heterocycles. The highest BCUT2D eigenvalue weighted by Crippen LogP contribution is 2.19. The summed E-state index contributed by atoms with van der Waals surface area (Å²) < 4.78 is 13.3. The van der Waals surface area contributed by atoms with Crippen LogP contribution in [0.3, 0.4) is 0 Å². The Hall–Kier alpha value is -4.58. The van der Waals surface area contributed by atoms with Gasteiger partial charge in [0.25, 0.3) is 5.56 Å². The Morgan fingerprint density at radius 1 is 1.17 bits per heavy atom. The zero-order chi connectivity index (χ0) is 24.9. The number of aromatic hydroxyl groups is 1. The van der Waals surface area contributed by atoms with Gasteiger partial charge in [-0.1, -0.05) is 12.1 Å². The molecule has 0 amide bonds. The number of para-hydroxylation sites is 1. The van der Waals surface area contributed by atoms with Gasteiger partial charge in [0, 0.05) is 12.6 Å². The van der Waals surface area contributed by atoms with Crippen molar-refractivity contribution in [2.24, 2.45) is 12.1 Å². The number of hydrogen-bond donors (Lipinski definition) is 4. The molecule has 1 atom stereocenters. The largest absolute Gasteiger partial charge is 0.507 e. The number of nitrogens with one attached hydrogen (secondary N) is 2. The molecule has 4 aromatic rings. The smallest absolute Gasteiger partial charge is 0.329 e. The number of phenols is 1. The molecule has 0 radical (unpaired) electrons. The van der Waals surface area contributed by atoms with E-state index in [4.69, 9.17) is 9.47 Å². The summed E-state index contributed by atoms with van der Waals surface area (Å²) in [6, 6.07) is 13.5. The molecular formula is C23H24N6O6. The molecule has 35 heavy (non-hydrogen) atoms. The van der Waals surface area contributed by atoms with E-state index < -0.39 is 17.4 Å². The molecular weight excluding hydrogens is 456 g/mol. The number of aliphatic hydroxyl groups excluding tert-OH is 1. The van der Waals surface area contributed by atoms with Gasteiger partial charge in [0.2, 0.25) is 5.95 Å². The van der Waals surface area contributed by atoms with E-state index in [-0.39, 0.29) is 36.0 Å². The van der Waals surface area contributed by atoms with Crippen LogP contribution in [-0.4, -0.2) is 55.4 Å². The fraction of sp³-hybridized carbons (Fsp3) is 0.217. The number of rotatable bonds is 9. The van der Waals surface area contributed by atoms with E-state index >= 15 is 0 Å². The van der Waals surface area contributed by atoms with Gasteiger partial charge in [-0.15, -0.1) is 0 Å². The lowest BCUT2D eigenvalue weighted by Crippen LogP contribution is -2.30. The van der Waals surface area contributed by atoms with Crippen molar-refractivity contribution in [1.82, 2.24) is 19.1 Å². The summed E-state index contributed by atoms with van der Waals surface area (Å²) >= 11 is 0. The number of phenolic OH excluding ortho intramolecular Hbond substituents is 1. The number of hydrazone groups is 1. The lowest BCUT2D eigenvalue weighted by Gasteiger charge is -2.15. The minimum Gasteiger partial charge on any atom is -0.507 e. The van der Waals surface area contributed by atoms with Crippen LogP contribution in [0.4, 0.5) is 5.95 Å². The SMILES string of the molecule is COc1ccc(OC[C@H](O)Cn2c(N/N=C/c3ccccc3O)nc3c2c(=O)[nH]c(=O)n3C)cc1. The van der Waals surface area contributed by atoms with E-state index in [1.54, 1.807) is 49.6 Å². The van der Waals surface area contributed by atoms with Crippen LogP contribution in [0.5, 0.6) is 17.2 Å². The average molecular weight is 480 g/mol. The first-order valence-electron chi connectivity index (χ1n) is 10.6. The minimum absolute atomic E-state index is 0.0384. The summed E-state index contributed by atoms with van der Waals surface area (Å²) in [5.41, 5.74) is 2.09. The minimum atomic E-state index is -1.03. The molecule has 4 rings (SSSR count). The predicted molar refractivity (Wildman–Crippen MR) is 129 cm³/mol. The number of H-pyrrole nitrogens is 1. The number of aliphatic hydroxyl groups is 1. The van der Waals surface area contributed by atoms with Crippen LogP contribution >= 0.6 is 0 Å². The van der Waals surface area contributed by atoms with Crippen molar-refractivity contribution in [1.29, 1.82) is 0 Å². The molecule has 2 aromatic heterocycles. The molecule has 0 bridgehead atoms. The Labute approximate surface area is 198 Å². The molecule has 2 aromatic carbocycles. The van der Waals surface area contributed by atoms with Gasteiger partial charge < -0.3 is 24.3 Å². The first-order valence-corrected chi connectivity index (χ1v) is 10.6. The van der Waals surface area contributed by atoms with Crippen LogP contribution in [0.15, 0.2) is 63.2 Å². The molecule has 2 heterocycles. The maximum absolute atomic E-state index is 12.6. The van der Waals surface area contributed by atoms with Crippen LogP contribution in [0, 0.1) is 0 Å². The molecule has 0 saturated carbocycles. The Morgan fingerprint density at radius 3 is 2.60 bits per heavy atom. The van der Waals surface area contributed by atoms with Crippen LogP contribution < -0.4 is 26.1 Å². The number of methoxy groups -OCH3 is 1. The van der Waals surface area contributed by atoms with Gasteiger partial charge in [-0.2, -0.15) is 10.1 Å². The van der Waals surface area contributed by atoms with Crippen LogP contribution in [-0.2, 0) is 13.6 Å². The van der Waals surface area contributed by atoms with Crippen molar-refractivity contribution in [3.05, 3.63) is 74.9 Å². The molecule has 0 aliphatic heterocycles. The molecule has 0 aliphatic rings. The summed E-state index contributed by atoms with van der Waals surface area (Å²) in [7, 11) is 3.03. The monoisotopic (exact) mass is 480 g/mol. The number of nitrogens with zero attached hydrogens (tertiary/aromatic N) is 4. The Bertz CT molecular complexity index is 1470. The standard InChI is InChI=1S/C23H24N6O6/c1-28-20-19(21(32)26-23(28)33)29(12-15(30)13-35-17-9-7-16(34-2)8-10-17)22(25-20)27-24-11-14-5-3-4-6-18(14)31/h3-11,15,30-31H,12-13H2,1-2H3,(H,25,27)(H,26,32,33)/b24-11+/t15-/m1/s1. The first kappa shape index (κ1) is 23.6. The number of benzene rings is 2. The Balaban J connectivity index is 1.60. The summed E-state index contributed by atoms with van der Waals surface area (Å²) in [6.07, 6.45) is 0.347. The van der Waals surface area contributed by atoms with Gasteiger partial charge in [-0.3, -0.25) is 14.3 Å². The van der Waals surface area contributed by atoms with Gasteiger partial charge in [0.15, 0.2) is 11.2 Å². The van der Waals surface area contributed by atoms with Gasteiger partial charge in [-0.25, -0.2) is 10.2 Å². The number of imidazole rings is 1. The zero-order valence-corrected chi connectivity index (χ0v) is 19.0. The van der Waals surface area contributed by atoms with Crippen molar-refractivity contribution in [3.63, 3.8) is 0 Å². The zero-order valence-electron chi connectivity index (χ0n) is 19.0. The van der Waals surface area contributed by atoms with Crippen molar-refractivity contribution in [3.8, 4) is 17.2 Å². The van der Waals surface area contributed by atoms with Crippen molar-refractivity contribution >= 4 is 23.3 Å². The molecule has 0 fully saturated rings. The highest BCUT2D eigenvalue weighted by atomic mass is 16.5. The van der Waals surface area contributed by atoms with E-state index in [1.165, 1.54) is 28.5 Å². The highest BCUT2D eigenvalue weighted by molar-refractivity contribution is 5.83. The van der Waals surface area contributed by atoms with E-state index in [9.17, 15) is 19.8 Å². The first-order chi connectivity index (χ1) is 16.9. The molecule has 4 N–H and O–H groups in total. The van der Waals surface area contributed by atoms with E-state index in [0.29, 0.717) is 17.1 Å². The number of aromatic nitrogens is 4. The van der Waals surface area contributed by atoms with Crippen molar-refractivity contribution < 1.29 is 19.7 Å². The van der Waals surface area contributed by atoms with Crippen molar-refractivity contribution in [2.45, 2.75) is 12.6 Å². The van der Waals surface area contributed by atoms with Gasteiger partial charge in [0.05, 0.1) is 19.9 Å². The number of anilines is 1. The normalized spacial score (nSPS) is 12.2.